The maximum Gasteiger partial charge on any atom is 0.261 e. The summed E-state index contributed by atoms with van der Waals surface area (Å²) in [5.74, 6) is -1.46. The van der Waals surface area contributed by atoms with Gasteiger partial charge in [0.15, 0.2) is 0 Å². The van der Waals surface area contributed by atoms with E-state index in [9.17, 15) is 18.8 Å². The van der Waals surface area contributed by atoms with Crippen molar-refractivity contribution in [3.05, 3.63) is 105 Å². The summed E-state index contributed by atoms with van der Waals surface area (Å²) < 4.78 is 14.0. The first kappa shape index (κ1) is 24.3. The number of aromatic nitrogens is 1. The molecule has 3 aliphatic heterocycles. The second kappa shape index (κ2) is 9.34. The molecule has 1 atom stereocenters. The second-order valence-electron chi connectivity index (χ2n) is 9.53. The van der Waals surface area contributed by atoms with Crippen LogP contribution in [-0.4, -0.2) is 63.7 Å². The van der Waals surface area contributed by atoms with E-state index in [0.717, 1.165) is 5.70 Å². The molecule has 0 unspecified atom stereocenters. The number of carbonyl (C=O) groups excluding carboxylic acids is 3. The van der Waals surface area contributed by atoms with E-state index in [4.69, 9.17) is 16.6 Å². The van der Waals surface area contributed by atoms with Crippen LogP contribution >= 0.6 is 11.6 Å². The maximum atomic E-state index is 14.0. The van der Waals surface area contributed by atoms with Crippen LogP contribution in [0.5, 0.6) is 0 Å². The van der Waals surface area contributed by atoms with Crippen LogP contribution in [0.2, 0.25) is 0 Å². The molecule has 8 nitrogen and oxygen atoms in total. The fraction of sp³-hybridized carbons (Fsp3) is 0.214. The van der Waals surface area contributed by atoms with Gasteiger partial charge < -0.3 is 9.91 Å². The van der Waals surface area contributed by atoms with E-state index in [1.807, 2.05) is 7.05 Å². The summed E-state index contributed by atoms with van der Waals surface area (Å²) >= 11 is 6.39. The van der Waals surface area contributed by atoms with Gasteiger partial charge >= 0.3 is 0 Å². The van der Waals surface area contributed by atoms with E-state index in [2.05, 4.69) is 5.43 Å². The third kappa shape index (κ3) is 4.04. The third-order valence-electron chi connectivity index (χ3n) is 7.16. The minimum absolute atomic E-state index is 0.0287. The predicted molar refractivity (Wildman–Crippen MR) is 138 cm³/mol. The molecule has 10 heteroatoms. The van der Waals surface area contributed by atoms with Crippen molar-refractivity contribution >= 4 is 35.0 Å². The van der Waals surface area contributed by atoms with Crippen molar-refractivity contribution in [1.29, 1.82) is 0 Å². The van der Waals surface area contributed by atoms with Crippen molar-refractivity contribution in [1.82, 2.24) is 25.2 Å². The number of fused-ring (bicyclic) bond motifs is 2. The Balaban J connectivity index is 1.33. The summed E-state index contributed by atoms with van der Waals surface area (Å²) in [5.41, 5.74) is 6.85. The number of pyridine rings is 1. The average Bonchev–Trinajstić information content (AvgIpc) is 3.50. The van der Waals surface area contributed by atoms with E-state index in [-0.39, 0.29) is 25.4 Å². The highest BCUT2D eigenvalue weighted by molar-refractivity contribution is 6.33. The molecule has 4 heterocycles. The van der Waals surface area contributed by atoms with Gasteiger partial charge in [0.05, 0.1) is 64.5 Å². The van der Waals surface area contributed by atoms with Gasteiger partial charge in [0.1, 0.15) is 5.82 Å². The molecule has 0 saturated carbocycles. The molecule has 3 aromatic rings. The number of halogens is 2. The molecule has 6 rings (SSSR count). The lowest BCUT2D eigenvalue weighted by molar-refractivity contribution is 0.0527. The Hall–Kier alpha value is -4.08. The smallest absolute Gasteiger partial charge is 0.261 e. The van der Waals surface area contributed by atoms with Crippen molar-refractivity contribution in [2.75, 3.05) is 20.1 Å². The van der Waals surface area contributed by atoms with E-state index >= 15 is 0 Å². The standard InChI is InChI=1S/C28H23ClFN5O3/c1-33-25(22(29)13-31-33)23-10-9-21-24(32-23)15-34(28(21)38)18(12-16-5-4-6-17(30)11-16)14-35-26(36)19-7-2-3-8-20(19)27(35)37/h2-11,18,31H,12-15H2,1H3/t18-/m0/s1. The van der Waals surface area contributed by atoms with Crippen LogP contribution in [0.15, 0.2) is 65.7 Å². The first-order chi connectivity index (χ1) is 18.3. The minimum Gasteiger partial charge on any atom is -0.328 e. The zero-order valence-corrected chi connectivity index (χ0v) is 21.2. The predicted octanol–water partition coefficient (Wildman–Crippen LogP) is 3.44. The topological polar surface area (TPSA) is 85.8 Å². The van der Waals surface area contributed by atoms with Crippen molar-refractivity contribution in [3.8, 4) is 0 Å². The summed E-state index contributed by atoms with van der Waals surface area (Å²) in [6.45, 7) is 0.652. The van der Waals surface area contributed by atoms with Gasteiger partial charge in [-0.25, -0.2) is 14.8 Å². The molecule has 0 aliphatic carbocycles. The number of hydrogen-bond donors (Lipinski definition) is 1. The number of hydrogen-bond acceptors (Lipinski definition) is 6. The average molecular weight is 532 g/mol. The normalized spacial score (nSPS) is 17.6. The Morgan fingerprint density at radius 2 is 1.71 bits per heavy atom. The minimum atomic E-state index is -0.595. The maximum absolute atomic E-state index is 14.0. The van der Waals surface area contributed by atoms with Crippen LogP contribution in [-0.2, 0) is 13.0 Å². The fourth-order valence-electron chi connectivity index (χ4n) is 5.30. The molecule has 2 aromatic carbocycles. The Morgan fingerprint density at radius 3 is 2.37 bits per heavy atom. The fourth-order valence-corrected chi connectivity index (χ4v) is 5.58. The molecule has 38 heavy (non-hydrogen) atoms. The molecule has 0 bridgehead atoms. The molecule has 3 aliphatic rings. The van der Waals surface area contributed by atoms with Gasteiger partial charge in [-0.15, -0.1) is 0 Å². The number of nitrogens with one attached hydrogen (secondary N) is 1. The number of hydrazine groups is 1. The van der Waals surface area contributed by atoms with E-state index in [0.29, 0.717) is 45.2 Å². The number of rotatable bonds is 6. The first-order valence-electron chi connectivity index (χ1n) is 12.2. The molecule has 0 fully saturated rings. The van der Waals surface area contributed by atoms with Crippen molar-refractivity contribution in [3.63, 3.8) is 0 Å². The van der Waals surface area contributed by atoms with Gasteiger partial charge in [0.25, 0.3) is 17.7 Å². The lowest BCUT2D eigenvalue weighted by Gasteiger charge is -2.30. The largest absolute Gasteiger partial charge is 0.328 e. The summed E-state index contributed by atoms with van der Waals surface area (Å²) in [6.07, 6.45) is 0.251. The van der Waals surface area contributed by atoms with Gasteiger partial charge in [-0.3, -0.25) is 19.3 Å². The molecule has 192 valence electrons. The number of benzene rings is 2. The summed E-state index contributed by atoms with van der Waals surface area (Å²) in [5, 5.41) is 2.41. The number of imide groups is 1. The van der Waals surface area contributed by atoms with Gasteiger partial charge in [-0.2, -0.15) is 0 Å². The van der Waals surface area contributed by atoms with Crippen LogP contribution in [0.4, 0.5) is 4.39 Å². The van der Waals surface area contributed by atoms with Gasteiger partial charge in [0, 0.05) is 7.05 Å². The summed E-state index contributed by atoms with van der Waals surface area (Å²) in [6, 6.07) is 15.7. The van der Waals surface area contributed by atoms with Crippen LogP contribution in [0.1, 0.15) is 48.0 Å². The molecule has 3 amide bonds. The van der Waals surface area contributed by atoms with Crippen LogP contribution in [0.25, 0.3) is 5.70 Å². The quantitative estimate of drug-likeness (QED) is 0.491. The summed E-state index contributed by atoms with van der Waals surface area (Å²) in [4.78, 5) is 47.3. The highest BCUT2D eigenvalue weighted by Crippen LogP contribution is 2.31. The zero-order valence-electron chi connectivity index (χ0n) is 20.4. The molecule has 0 radical (unpaired) electrons. The lowest BCUT2D eigenvalue weighted by Crippen LogP contribution is -2.47. The molecule has 1 N–H and O–H groups in total. The molecule has 0 saturated heterocycles. The summed E-state index contributed by atoms with van der Waals surface area (Å²) in [7, 11) is 1.84. The van der Waals surface area contributed by atoms with E-state index < -0.39 is 23.7 Å². The SMILES string of the molecule is CN1NCC(Cl)=C1c1ccc2c(n1)CN([C@@H](Cc1cccc(F)c1)CN1C(=O)c3ccccc3C1=O)C2=O. The molecule has 0 spiro atoms. The molecular formula is C28H23ClFN5O3. The number of nitrogens with zero attached hydrogens (tertiary/aromatic N) is 4. The Bertz CT molecular complexity index is 1510. The number of carbonyl (C=O) groups is 3. The molecule has 1 aromatic heterocycles. The number of amides is 3. The third-order valence-corrected chi connectivity index (χ3v) is 7.48. The molecular weight excluding hydrogens is 509 g/mol. The van der Waals surface area contributed by atoms with Crippen molar-refractivity contribution in [2.45, 2.75) is 19.0 Å². The highest BCUT2D eigenvalue weighted by atomic mass is 35.5. The van der Waals surface area contributed by atoms with Gasteiger partial charge in [0.2, 0.25) is 0 Å². The Kier molecular flexibility index (Phi) is 5.97. The van der Waals surface area contributed by atoms with Crippen LogP contribution in [0, 0.1) is 5.82 Å². The zero-order chi connectivity index (χ0) is 26.6. The van der Waals surface area contributed by atoms with Crippen molar-refractivity contribution < 1.29 is 18.8 Å². The van der Waals surface area contributed by atoms with Crippen LogP contribution in [0.3, 0.4) is 0 Å². The van der Waals surface area contributed by atoms with Gasteiger partial charge in [-0.1, -0.05) is 35.9 Å². The monoisotopic (exact) mass is 531 g/mol. The van der Waals surface area contributed by atoms with E-state index in [1.54, 1.807) is 58.4 Å². The lowest BCUT2D eigenvalue weighted by atomic mass is 10.0. The van der Waals surface area contributed by atoms with Crippen molar-refractivity contribution in [2.24, 2.45) is 0 Å². The van der Waals surface area contributed by atoms with Gasteiger partial charge in [-0.05, 0) is 48.4 Å². The second-order valence-corrected chi connectivity index (χ2v) is 9.98. The Labute approximate surface area is 223 Å². The Morgan fingerprint density at radius 1 is 0.974 bits per heavy atom. The van der Waals surface area contributed by atoms with Crippen LogP contribution < -0.4 is 5.43 Å². The van der Waals surface area contributed by atoms with E-state index in [1.165, 1.54) is 17.0 Å². The highest BCUT2D eigenvalue weighted by Gasteiger charge is 2.41. The first-order valence-corrected chi connectivity index (χ1v) is 12.6.